The number of carboxylic acid groups (broad SMARTS) is 2. The van der Waals surface area contributed by atoms with E-state index in [0.29, 0.717) is 70.7 Å². The van der Waals surface area contributed by atoms with Crippen molar-refractivity contribution >= 4 is 72.9 Å². The first kappa shape index (κ1) is 59.2. The van der Waals surface area contributed by atoms with Gasteiger partial charge in [0, 0.05) is 12.2 Å². The first-order valence-electron chi connectivity index (χ1n) is 22.8. The van der Waals surface area contributed by atoms with Crippen molar-refractivity contribution in [1.29, 1.82) is 0 Å². The molecule has 26 nitrogen and oxygen atoms in total. The highest BCUT2D eigenvalue weighted by Crippen LogP contribution is 2.45. The maximum atomic E-state index is 13.6. The molecule has 4 unspecified atom stereocenters. The minimum absolute atomic E-state index is 0.272. The van der Waals surface area contributed by atoms with E-state index in [-0.39, 0.29) is 37.1 Å². The Kier molecular flexibility index (Phi) is 22.6. The van der Waals surface area contributed by atoms with E-state index in [1.807, 2.05) is 26.0 Å². The second-order valence-corrected chi connectivity index (χ2v) is 20.8. The number of benzene rings is 2. The average molecular weight is 1070 g/mol. The topological polar surface area (TPSA) is 362 Å². The van der Waals surface area contributed by atoms with Crippen LogP contribution in [0, 0.1) is 0 Å². The van der Waals surface area contributed by atoms with E-state index in [9.17, 15) is 28.3 Å². The maximum absolute atomic E-state index is 13.6. The van der Waals surface area contributed by atoms with Crippen molar-refractivity contribution in [3.8, 4) is 11.5 Å². The van der Waals surface area contributed by atoms with Crippen LogP contribution < -0.4 is 30.7 Å². The molecule has 4 aromatic heterocycles. The number of fused-ring (bicyclic) bond motifs is 2. The predicted octanol–water partition coefficient (Wildman–Crippen LogP) is 5.66. The molecule has 2 aromatic carbocycles. The zero-order valence-corrected chi connectivity index (χ0v) is 43.7. The number of ether oxygens (including phenoxy) is 4. The molecule has 4 heterocycles. The zero-order chi connectivity index (χ0) is 54.6. The number of aliphatic carboxylic acids is 2. The number of imidazole rings is 2. The molecule has 0 fully saturated rings. The molecule has 0 aliphatic carbocycles. The summed E-state index contributed by atoms with van der Waals surface area (Å²) in [6, 6.07) is 15.7. The number of nitrogens with one attached hydrogen (secondary N) is 2. The Morgan fingerprint density at radius 2 is 0.932 bits per heavy atom. The summed E-state index contributed by atoms with van der Waals surface area (Å²) in [4.78, 5) is 68.4. The van der Waals surface area contributed by atoms with Crippen molar-refractivity contribution in [1.82, 2.24) is 49.2 Å². The molecular formula is C46H62N12O14P2. The molecule has 6 aromatic rings. The third-order valence-corrected chi connectivity index (χ3v) is 12.9. The summed E-state index contributed by atoms with van der Waals surface area (Å²) in [7, 11) is -7.28. The van der Waals surface area contributed by atoms with Gasteiger partial charge in [-0.1, -0.05) is 36.4 Å². The molecule has 74 heavy (non-hydrogen) atoms. The molecule has 28 heteroatoms. The van der Waals surface area contributed by atoms with Crippen molar-refractivity contribution in [2.24, 2.45) is 0 Å². The van der Waals surface area contributed by atoms with E-state index < -0.39 is 51.0 Å². The van der Waals surface area contributed by atoms with Gasteiger partial charge in [-0.25, -0.2) is 49.7 Å². The second kappa shape index (κ2) is 28.2. The van der Waals surface area contributed by atoms with Crippen LogP contribution in [0.4, 0.5) is 11.6 Å². The van der Waals surface area contributed by atoms with E-state index in [0.717, 1.165) is 0 Å². The van der Waals surface area contributed by atoms with Gasteiger partial charge in [0.05, 0.1) is 50.2 Å². The van der Waals surface area contributed by atoms with Gasteiger partial charge in [0.25, 0.3) is 0 Å². The number of hydrogen-bond donors (Lipinski definition) is 6. The number of nitrogens with zero attached hydrogens (tertiary/aromatic N) is 8. The number of nitrogen functional groups attached to an aromatic ring is 2. The monoisotopic (exact) mass is 1070 g/mol. The van der Waals surface area contributed by atoms with E-state index in [1.165, 1.54) is 12.7 Å². The molecule has 0 amide bonds. The number of hydrogen-bond acceptors (Lipinski definition) is 20. The number of anilines is 2. The quantitative estimate of drug-likeness (QED) is 0.0242. The van der Waals surface area contributed by atoms with Crippen LogP contribution in [0.15, 0.2) is 98.1 Å². The van der Waals surface area contributed by atoms with Crippen LogP contribution in [0.2, 0.25) is 0 Å². The van der Waals surface area contributed by atoms with Crippen LogP contribution in [0.3, 0.4) is 0 Å². The highest BCUT2D eigenvalue weighted by Gasteiger charge is 2.33. The molecule has 0 radical (unpaired) electrons. The Labute approximate surface area is 426 Å². The van der Waals surface area contributed by atoms with Gasteiger partial charge in [-0.2, -0.15) is 0 Å². The van der Waals surface area contributed by atoms with Crippen molar-refractivity contribution < 1.29 is 66.5 Å². The molecule has 0 spiro atoms. The molecule has 0 bridgehead atoms. The molecule has 0 saturated carbocycles. The number of carbonyl (C=O) groups is 4. The maximum Gasteiger partial charge on any atom is 0.342 e. The zero-order valence-electron chi connectivity index (χ0n) is 42.0. The fourth-order valence-corrected chi connectivity index (χ4v) is 9.74. The first-order chi connectivity index (χ1) is 35.0. The number of rotatable bonds is 24. The number of aromatic nitrogens is 8. The minimum atomic E-state index is -3.64. The second-order valence-electron chi connectivity index (χ2n) is 16.7. The standard InChI is InChI=1S/2C21H29N6O5P.C4H4O4/c2*1-14(2)31-21(28)16(4)26-33(29,32-17-8-6-5-7-9-17)13-30-15(3)10-27-12-25-18-19(22)23-11-24-20(18)27;5-3(6)1-2-4(7)8/h2*5-9,11-12,14-16H,10,13H2,1-4H3,(H,26,29)(H2,22,23,24);1-2H,(H,5,6)(H,7,8)/t2*15?,16?,33-;/m00./s1. The molecule has 6 rings (SSSR count). The molecule has 8 N–H and O–H groups in total. The summed E-state index contributed by atoms with van der Waals surface area (Å²) in [6.45, 7) is 14.5. The van der Waals surface area contributed by atoms with Crippen LogP contribution in [0.5, 0.6) is 11.5 Å². The lowest BCUT2D eigenvalue weighted by Crippen LogP contribution is -2.37. The average Bonchev–Trinajstić information content (AvgIpc) is 3.95. The van der Waals surface area contributed by atoms with Crippen LogP contribution >= 0.6 is 15.0 Å². The summed E-state index contributed by atoms with van der Waals surface area (Å²) < 4.78 is 64.4. The summed E-state index contributed by atoms with van der Waals surface area (Å²) in [5.74, 6) is -2.21. The molecule has 0 aliphatic heterocycles. The highest BCUT2D eigenvalue weighted by molar-refractivity contribution is 7.57. The van der Waals surface area contributed by atoms with Gasteiger partial charge in [0.1, 0.15) is 60.0 Å². The van der Waals surface area contributed by atoms with Gasteiger partial charge >= 0.3 is 38.9 Å². The van der Waals surface area contributed by atoms with Crippen molar-refractivity contribution in [3.63, 3.8) is 0 Å². The van der Waals surface area contributed by atoms with Crippen LogP contribution in [0.25, 0.3) is 22.3 Å². The van der Waals surface area contributed by atoms with Gasteiger partial charge in [-0.3, -0.25) is 18.7 Å². The predicted molar refractivity (Wildman–Crippen MR) is 272 cm³/mol. The summed E-state index contributed by atoms with van der Waals surface area (Å²) in [6.07, 6.45) is 5.14. The van der Waals surface area contributed by atoms with E-state index >= 15 is 0 Å². The van der Waals surface area contributed by atoms with Crippen molar-refractivity contribution in [3.05, 3.63) is 98.1 Å². The van der Waals surface area contributed by atoms with Crippen LogP contribution in [0.1, 0.15) is 55.4 Å². The lowest BCUT2D eigenvalue weighted by molar-refractivity contribution is -0.149. The number of para-hydroxylation sites is 2. The molecule has 400 valence electrons. The Hall–Kier alpha value is -7.34. The number of esters is 2. The normalized spacial score (nSPS) is 14.6. The Morgan fingerprint density at radius 1 is 0.581 bits per heavy atom. The van der Waals surface area contributed by atoms with Gasteiger partial charge in [0.2, 0.25) is 0 Å². The fourth-order valence-electron chi connectivity index (χ4n) is 6.16. The Morgan fingerprint density at radius 3 is 1.26 bits per heavy atom. The van der Waals surface area contributed by atoms with Gasteiger partial charge in [-0.05, 0) is 79.7 Å². The lowest BCUT2D eigenvalue weighted by Gasteiger charge is -2.25. The molecule has 0 aliphatic rings. The van der Waals surface area contributed by atoms with Gasteiger partial charge in [-0.15, -0.1) is 0 Å². The minimum Gasteiger partial charge on any atom is -0.478 e. The van der Waals surface area contributed by atoms with E-state index in [4.69, 9.17) is 49.7 Å². The Balaban J connectivity index is 0.000000279. The summed E-state index contributed by atoms with van der Waals surface area (Å²) in [5, 5.41) is 21.2. The highest BCUT2D eigenvalue weighted by atomic mass is 31.2. The smallest absolute Gasteiger partial charge is 0.342 e. The van der Waals surface area contributed by atoms with E-state index in [2.05, 4.69) is 40.1 Å². The third-order valence-electron chi connectivity index (χ3n) is 9.38. The van der Waals surface area contributed by atoms with Gasteiger partial charge < -0.3 is 58.8 Å². The number of carboxylic acids is 2. The Bertz CT molecular complexity index is 2710. The van der Waals surface area contributed by atoms with Crippen molar-refractivity contribution in [2.45, 2.75) is 105 Å². The SMILES string of the molecule is CC(C)OC(=O)C(C)N[P@](=O)(COC(C)Cn1cnc2c(N)ncnc21)Oc1ccccc1.CC(C)OC(=O)C(C)N[P@](=O)(COC(C)Cn1cnc2c(N)ncnc21)Oc1ccccc1.O=C(O)C=CC(=O)O. The van der Waals surface area contributed by atoms with Crippen LogP contribution in [-0.4, -0.2) is 122 Å². The number of nitrogens with two attached hydrogens (primary N) is 2. The van der Waals surface area contributed by atoms with Crippen LogP contribution in [-0.2, 0) is 60.3 Å². The number of carbonyl (C=O) groups excluding carboxylic acids is 2. The molecule has 0 saturated heterocycles. The molecule has 6 atom stereocenters. The molecular weight excluding hydrogens is 1010 g/mol. The van der Waals surface area contributed by atoms with Crippen molar-refractivity contribution in [2.75, 3.05) is 24.2 Å². The lowest BCUT2D eigenvalue weighted by atomic mass is 10.3. The largest absolute Gasteiger partial charge is 0.478 e. The fraction of sp³-hybridized carbons (Fsp3) is 0.391. The summed E-state index contributed by atoms with van der Waals surface area (Å²) >= 11 is 0. The van der Waals surface area contributed by atoms with E-state index in [1.54, 1.807) is 112 Å². The first-order valence-corrected chi connectivity index (χ1v) is 26.4. The van der Waals surface area contributed by atoms with Gasteiger partial charge in [0.15, 0.2) is 22.9 Å². The third kappa shape index (κ3) is 19.6. The summed E-state index contributed by atoms with van der Waals surface area (Å²) in [5.41, 5.74) is 13.8.